The molecule has 30 heavy (non-hydrogen) atoms. The van der Waals surface area contributed by atoms with E-state index in [1.54, 1.807) is 19.9 Å². The largest absolute Gasteiger partial charge is 0.457 e. The first-order valence-electron chi connectivity index (χ1n) is 10.3. The minimum Gasteiger partial charge on any atom is -0.457 e. The topological polar surface area (TPSA) is 146 Å². The van der Waals surface area contributed by atoms with Gasteiger partial charge in [0.1, 0.15) is 30.5 Å². The van der Waals surface area contributed by atoms with Gasteiger partial charge in [-0.05, 0) is 38.3 Å². The molecule has 2 aliphatic heterocycles. The fourth-order valence-electron chi connectivity index (χ4n) is 4.37. The first-order chi connectivity index (χ1) is 14.1. The highest BCUT2D eigenvalue weighted by Crippen LogP contribution is 2.36. The number of hydrogen-bond acceptors (Lipinski definition) is 9. The third kappa shape index (κ3) is 4.62. The van der Waals surface area contributed by atoms with Crippen LogP contribution in [0.15, 0.2) is 23.3 Å². The summed E-state index contributed by atoms with van der Waals surface area (Å²) < 4.78 is 16.9. The summed E-state index contributed by atoms with van der Waals surface area (Å²) in [7, 11) is 0. The van der Waals surface area contributed by atoms with E-state index in [0.717, 1.165) is 5.57 Å². The van der Waals surface area contributed by atoms with E-state index < -0.39 is 61.5 Å². The molecule has 0 spiro atoms. The molecule has 0 radical (unpaired) electrons. The average Bonchev–Trinajstić information content (AvgIpc) is 2.97. The average molecular weight is 428 g/mol. The molecule has 3 rings (SSSR count). The number of carbonyl (C=O) groups is 1. The molecular formula is C21H32O9. The molecule has 0 aromatic carbocycles. The van der Waals surface area contributed by atoms with E-state index in [9.17, 15) is 30.3 Å². The highest BCUT2D eigenvalue weighted by molar-refractivity contribution is 5.75. The normalized spacial score (nSPS) is 48.7. The molecule has 170 valence electrons. The van der Waals surface area contributed by atoms with Gasteiger partial charge in [-0.1, -0.05) is 18.6 Å². The number of carbonyl (C=O) groups excluding carboxylic acids is 1. The van der Waals surface area contributed by atoms with Crippen molar-refractivity contribution in [3.05, 3.63) is 23.3 Å². The smallest absolute Gasteiger partial charge is 0.309 e. The SMILES string of the molecule is C/C1=C/CC(O[C@@H]2O[C@H](CO)[C@@H](O)[C@H](O)[C@H]2O)/C(C)=C\[C@H]2OC(=O)[C@H](C)[C@@H]2[C@@H](O)C1. The van der Waals surface area contributed by atoms with E-state index in [2.05, 4.69) is 0 Å². The fraction of sp³-hybridized carbons (Fsp3) is 0.762. The Balaban J connectivity index is 1.85. The van der Waals surface area contributed by atoms with Crippen molar-refractivity contribution >= 4 is 5.97 Å². The van der Waals surface area contributed by atoms with Crippen molar-refractivity contribution in [3.63, 3.8) is 0 Å². The number of hydrogen-bond donors (Lipinski definition) is 5. The molecule has 9 nitrogen and oxygen atoms in total. The summed E-state index contributed by atoms with van der Waals surface area (Å²) in [4.78, 5) is 12.1. The number of fused-ring (bicyclic) bond motifs is 1. The second kappa shape index (κ2) is 9.44. The van der Waals surface area contributed by atoms with Gasteiger partial charge >= 0.3 is 5.97 Å². The Labute approximate surface area is 175 Å². The summed E-state index contributed by atoms with van der Waals surface area (Å²) >= 11 is 0. The maximum Gasteiger partial charge on any atom is 0.309 e. The van der Waals surface area contributed by atoms with Gasteiger partial charge in [-0.2, -0.15) is 0 Å². The standard InChI is InChI=1S/C21H32O9/c1-9-4-5-13(29-21-19(26)18(25)17(24)15(8-22)30-21)10(2)7-14-16(12(23)6-9)11(3)20(27)28-14/h4,7,11-19,21-26H,5-6,8H2,1-3H3/b9-4-,10-7-/t11-,12+,13?,14-,15-,16-,17-,18+,19-,21-/m1/s1. The fourth-order valence-corrected chi connectivity index (χ4v) is 4.37. The number of ether oxygens (including phenoxy) is 3. The van der Waals surface area contributed by atoms with Crippen LogP contribution in [-0.4, -0.2) is 87.1 Å². The van der Waals surface area contributed by atoms with Gasteiger partial charge in [-0.25, -0.2) is 0 Å². The van der Waals surface area contributed by atoms with Crippen LogP contribution >= 0.6 is 0 Å². The van der Waals surface area contributed by atoms with Gasteiger partial charge in [0.15, 0.2) is 6.29 Å². The Bertz CT molecular complexity index is 688. The number of esters is 1. The van der Waals surface area contributed by atoms with Crippen LogP contribution in [0.1, 0.15) is 33.6 Å². The van der Waals surface area contributed by atoms with Gasteiger partial charge in [-0.3, -0.25) is 4.79 Å². The maximum absolute atomic E-state index is 12.1. The van der Waals surface area contributed by atoms with Crippen molar-refractivity contribution in [2.75, 3.05) is 6.61 Å². The van der Waals surface area contributed by atoms with E-state index in [-0.39, 0.29) is 11.9 Å². The monoisotopic (exact) mass is 428 g/mol. The zero-order valence-corrected chi connectivity index (χ0v) is 17.4. The predicted molar refractivity (Wildman–Crippen MR) is 104 cm³/mol. The summed E-state index contributed by atoms with van der Waals surface area (Å²) in [5, 5.41) is 50.3. The molecule has 0 bridgehead atoms. The van der Waals surface area contributed by atoms with Crippen LogP contribution in [0, 0.1) is 11.8 Å². The van der Waals surface area contributed by atoms with Gasteiger partial charge in [0.05, 0.1) is 24.7 Å². The minimum atomic E-state index is -1.53. The van der Waals surface area contributed by atoms with Crippen LogP contribution in [-0.2, 0) is 19.0 Å². The Morgan fingerprint density at radius 1 is 1.13 bits per heavy atom. The molecule has 5 N–H and O–H groups in total. The van der Waals surface area contributed by atoms with Crippen LogP contribution in [0.2, 0.25) is 0 Å². The molecule has 1 unspecified atom stereocenters. The van der Waals surface area contributed by atoms with Crippen molar-refractivity contribution < 1.29 is 44.5 Å². The van der Waals surface area contributed by atoms with Crippen molar-refractivity contribution in [1.82, 2.24) is 0 Å². The Morgan fingerprint density at radius 2 is 1.83 bits per heavy atom. The lowest BCUT2D eigenvalue weighted by atomic mass is 9.82. The van der Waals surface area contributed by atoms with Crippen LogP contribution in [0.3, 0.4) is 0 Å². The second-order valence-corrected chi connectivity index (χ2v) is 8.56. The van der Waals surface area contributed by atoms with Crippen LogP contribution in [0.5, 0.6) is 0 Å². The molecule has 0 amide bonds. The summed E-state index contributed by atoms with van der Waals surface area (Å²) in [6.45, 7) is 4.87. The van der Waals surface area contributed by atoms with Gasteiger partial charge < -0.3 is 39.7 Å². The molecular weight excluding hydrogens is 396 g/mol. The van der Waals surface area contributed by atoms with E-state index in [1.165, 1.54) is 0 Å². The summed E-state index contributed by atoms with van der Waals surface area (Å²) in [6, 6.07) is 0. The highest BCUT2D eigenvalue weighted by Gasteiger charge is 2.47. The van der Waals surface area contributed by atoms with Crippen molar-refractivity contribution in [2.24, 2.45) is 11.8 Å². The van der Waals surface area contributed by atoms with Gasteiger partial charge in [0, 0.05) is 5.92 Å². The zero-order chi connectivity index (χ0) is 22.2. The molecule has 2 heterocycles. The molecule has 10 atom stereocenters. The quantitative estimate of drug-likeness (QED) is 0.294. The minimum absolute atomic E-state index is 0.361. The first-order valence-corrected chi connectivity index (χ1v) is 10.3. The molecule has 0 aromatic heterocycles. The maximum atomic E-state index is 12.1. The molecule has 3 aliphatic rings. The highest BCUT2D eigenvalue weighted by atomic mass is 16.7. The van der Waals surface area contributed by atoms with Crippen molar-refractivity contribution in [1.29, 1.82) is 0 Å². The summed E-state index contributed by atoms with van der Waals surface area (Å²) in [5.41, 5.74) is 1.63. The van der Waals surface area contributed by atoms with E-state index in [4.69, 9.17) is 14.2 Å². The molecule has 9 heteroatoms. The van der Waals surface area contributed by atoms with Crippen molar-refractivity contribution in [2.45, 2.75) is 82.6 Å². The molecule has 2 fully saturated rings. The van der Waals surface area contributed by atoms with Crippen LogP contribution < -0.4 is 0 Å². The number of aliphatic hydroxyl groups is 5. The first kappa shape index (κ1) is 23.3. The van der Waals surface area contributed by atoms with Gasteiger partial charge in [0.25, 0.3) is 0 Å². The summed E-state index contributed by atoms with van der Waals surface area (Å²) in [5.74, 6) is -1.19. The second-order valence-electron chi connectivity index (χ2n) is 8.56. The Kier molecular flexibility index (Phi) is 7.34. The van der Waals surface area contributed by atoms with Gasteiger partial charge in [0.2, 0.25) is 0 Å². The lowest BCUT2D eigenvalue weighted by molar-refractivity contribution is -0.308. The Hall–Kier alpha value is -1.33. The van der Waals surface area contributed by atoms with E-state index >= 15 is 0 Å². The predicted octanol–water partition coefficient (Wildman–Crippen LogP) is -0.603. The number of aliphatic hydroxyl groups excluding tert-OH is 5. The van der Waals surface area contributed by atoms with Gasteiger partial charge in [-0.15, -0.1) is 0 Å². The molecule has 1 aliphatic carbocycles. The van der Waals surface area contributed by atoms with Crippen LogP contribution in [0.4, 0.5) is 0 Å². The third-order valence-corrected chi connectivity index (χ3v) is 6.32. The third-order valence-electron chi connectivity index (χ3n) is 6.32. The number of rotatable bonds is 3. The lowest BCUT2D eigenvalue weighted by Crippen LogP contribution is -2.59. The summed E-state index contributed by atoms with van der Waals surface area (Å²) in [6.07, 6.45) is -4.28. The molecule has 2 saturated heterocycles. The van der Waals surface area contributed by atoms with E-state index in [0.29, 0.717) is 18.4 Å². The van der Waals surface area contributed by atoms with Crippen molar-refractivity contribution in [3.8, 4) is 0 Å². The van der Waals surface area contributed by atoms with Crippen LogP contribution in [0.25, 0.3) is 0 Å². The lowest BCUT2D eigenvalue weighted by Gasteiger charge is -2.41. The Morgan fingerprint density at radius 3 is 2.50 bits per heavy atom. The molecule has 0 saturated carbocycles. The van der Waals surface area contributed by atoms with E-state index in [1.807, 2.05) is 13.0 Å². The zero-order valence-electron chi connectivity index (χ0n) is 17.4. The molecule has 0 aromatic rings.